The van der Waals surface area contributed by atoms with Crippen molar-refractivity contribution in [1.29, 1.82) is 0 Å². The van der Waals surface area contributed by atoms with Gasteiger partial charge in [-0.1, -0.05) is 41.7 Å². The van der Waals surface area contributed by atoms with Crippen LogP contribution in [0.4, 0.5) is 22.2 Å². The standard InChI is InChI=1S/C21H20N4S/c1-12-5-3-7-17(23)19(12)24-21-25-20-16(6-4-8-18(20)26-21)15-10-9-14(22)11-13(15)2/h3-11H,22-23H2,1-2H3,(H,24,25). The lowest BCUT2D eigenvalue weighted by Gasteiger charge is -2.09. The number of nitrogen functional groups attached to an aromatic ring is 2. The van der Waals surface area contributed by atoms with E-state index in [1.807, 2.05) is 37.3 Å². The van der Waals surface area contributed by atoms with E-state index in [9.17, 15) is 0 Å². The number of thiazole rings is 1. The number of aromatic nitrogens is 1. The van der Waals surface area contributed by atoms with Gasteiger partial charge in [0.05, 0.1) is 21.6 Å². The summed E-state index contributed by atoms with van der Waals surface area (Å²) < 4.78 is 1.13. The van der Waals surface area contributed by atoms with E-state index in [1.54, 1.807) is 11.3 Å². The van der Waals surface area contributed by atoms with Crippen LogP contribution in [0.2, 0.25) is 0 Å². The zero-order chi connectivity index (χ0) is 18.3. The van der Waals surface area contributed by atoms with Gasteiger partial charge in [0.15, 0.2) is 5.13 Å². The third-order valence-corrected chi connectivity index (χ3v) is 5.43. The van der Waals surface area contributed by atoms with E-state index in [-0.39, 0.29) is 0 Å². The Kier molecular flexibility index (Phi) is 4.01. The molecule has 0 fully saturated rings. The van der Waals surface area contributed by atoms with Gasteiger partial charge in [-0.05, 0) is 54.8 Å². The average Bonchev–Trinajstić information content (AvgIpc) is 3.01. The van der Waals surface area contributed by atoms with Gasteiger partial charge in [0.2, 0.25) is 0 Å². The molecule has 0 aliphatic heterocycles. The van der Waals surface area contributed by atoms with Crippen molar-refractivity contribution in [3.8, 4) is 11.1 Å². The summed E-state index contributed by atoms with van der Waals surface area (Å²) in [5, 5.41) is 4.23. The smallest absolute Gasteiger partial charge is 0.188 e. The Morgan fingerprint density at radius 1 is 0.885 bits per heavy atom. The van der Waals surface area contributed by atoms with Crippen LogP contribution in [-0.2, 0) is 0 Å². The highest BCUT2D eigenvalue weighted by Gasteiger charge is 2.13. The number of hydrogen-bond acceptors (Lipinski definition) is 5. The molecule has 0 aliphatic rings. The molecule has 0 atom stereocenters. The van der Waals surface area contributed by atoms with Crippen molar-refractivity contribution in [1.82, 2.24) is 4.98 Å². The summed E-state index contributed by atoms with van der Waals surface area (Å²) in [6, 6.07) is 18.1. The molecule has 4 nitrogen and oxygen atoms in total. The molecule has 130 valence electrons. The van der Waals surface area contributed by atoms with Crippen molar-refractivity contribution in [2.45, 2.75) is 13.8 Å². The number of nitrogens with zero attached hydrogens (tertiary/aromatic N) is 1. The maximum Gasteiger partial charge on any atom is 0.188 e. The number of aryl methyl sites for hydroxylation is 2. The molecule has 4 aromatic rings. The Bertz CT molecular complexity index is 1090. The van der Waals surface area contributed by atoms with Crippen LogP contribution < -0.4 is 16.8 Å². The molecule has 0 saturated heterocycles. The second-order valence-electron chi connectivity index (χ2n) is 6.41. The van der Waals surface area contributed by atoms with E-state index in [1.165, 1.54) is 0 Å². The Morgan fingerprint density at radius 3 is 2.46 bits per heavy atom. The highest BCUT2D eigenvalue weighted by atomic mass is 32.1. The van der Waals surface area contributed by atoms with Crippen LogP contribution in [0.5, 0.6) is 0 Å². The Labute approximate surface area is 156 Å². The highest BCUT2D eigenvalue weighted by molar-refractivity contribution is 7.22. The SMILES string of the molecule is Cc1cc(N)ccc1-c1cccc2sc(Nc3c(C)cccc3N)nc12. The summed E-state index contributed by atoms with van der Waals surface area (Å²) in [4.78, 5) is 4.85. The lowest BCUT2D eigenvalue weighted by Crippen LogP contribution is -1.98. The molecule has 5 N–H and O–H groups in total. The van der Waals surface area contributed by atoms with Crippen molar-refractivity contribution in [2.75, 3.05) is 16.8 Å². The van der Waals surface area contributed by atoms with Gasteiger partial charge in [-0.3, -0.25) is 0 Å². The molecule has 0 aliphatic carbocycles. The van der Waals surface area contributed by atoms with Gasteiger partial charge in [-0.15, -0.1) is 0 Å². The average molecular weight is 360 g/mol. The topological polar surface area (TPSA) is 77.0 Å². The van der Waals surface area contributed by atoms with E-state index in [0.717, 1.165) is 54.7 Å². The number of nitrogens with one attached hydrogen (secondary N) is 1. The van der Waals surface area contributed by atoms with Gasteiger partial charge >= 0.3 is 0 Å². The van der Waals surface area contributed by atoms with Crippen LogP contribution in [-0.4, -0.2) is 4.98 Å². The lowest BCUT2D eigenvalue weighted by atomic mass is 9.99. The number of nitrogens with two attached hydrogens (primary N) is 2. The van der Waals surface area contributed by atoms with Crippen molar-refractivity contribution in [3.63, 3.8) is 0 Å². The Balaban J connectivity index is 1.81. The van der Waals surface area contributed by atoms with Crippen LogP contribution in [0.25, 0.3) is 21.3 Å². The fraction of sp³-hybridized carbons (Fsp3) is 0.0952. The Hall–Kier alpha value is -3.05. The summed E-state index contributed by atoms with van der Waals surface area (Å²) in [6.45, 7) is 4.11. The van der Waals surface area contributed by atoms with E-state index >= 15 is 0 Å². The molecule has 5 heteroatoms. The van der Waals surface area contributed by atoms with Gasteiger partial charge in [0.25, 0.3) is 0 Å². The molecule has 0 amide bonds. The summed E-state index contributed by atoms with van der Waals surface area (Å²) in [5.74, 6) is 0. The number of anilines is 4. The molecule has 1 aromatic heterocycles. The molecule has 4 rings (SSSR count). The van der Waals surface area contributed by atoms with E-state index in [2.05, 4.69) is 36.5 Å². The van der Waals surface area contributed by atoms with E-state index in [0.29, 0.717) is 0 Å². The molecule has 3 aromatic carbocycles. The molecule has 1 heterocycles. The molecule has 0 spiro atoms. The first kappa shape index (κ1) is 16.4. The lowest BCUT2D eigenvalue weighted by molar-refractivity contribution is 1.39. The highest BCUT2D eigenvalue weighted by Crippen LogP contribution is 2.37. The quantitative estimate of drug-likeness (QED) is 0.422. The predicted octanol–water partition coefficient (Wildman–Crippen LogP) is 5.49. The van der Waals surface area contributed by atoms with Gasteiger partial charge in [0, 0.05) is 11.3 Å². The molecule has 0 unspecified atom stereocenters. The second-order valence-corrected chi connectivity index (χ2v) is 7.44. The van der Waals surface area contributed by atoms with Gasteiger partial charge in [-0.25, -0.2) is 4.98 Å². The van der Waals surface area contributed by atoms with Crippen LogP contribution in [0.15, 0.2) is 54.6 Å². The maximum absolute atomic E-state index is 6.12. The zero-order valence-corrected chi connectivity index (χ0v) is 15.5. The van der Waals surface area contributed by atoms with Crippen molar-refractivity contribution in [2.24, 2.45) is 0 Å². The molecular weight excluding hydrogens is 340 g/mol. The summed E-state index contributed by atoms with van der Waals surface area (Å²) >= 11 is 1.62. The zero-order valence-electron chi connectivity index (χ0n) is 14.7. The fourth-order valence-electron chi connectivity index (χ4n) is 3.18. The van der Waals surface area contributed by atoms with Gasteiger partial charge in [-0.2, -0.15) is 0 Å². The minimum Gasteiger partial charge on any atom is -0.399 e. The fourth-order valence-corrected chi connectivity index (χ4v) is 4.07. The van der Waals surface area contributed by atoms with Crippen molar-refractivity contribution in [3.05, 3.63) is 65.7 Å². The minimum atomic E-state index is 0.721. The molecular formula is C21H20N4S. The second kappa shape index (κ2) is 6.35. The number of rotatable bonds is 3. The summed E-state index contributed by atoms with van der Waals surface area (Å²) in [5.41, 5.74) is 19.9. The van der Waals surface area contributed by atoms with E-state index in [4.69, 9.17) is 16.5 Å². The van der Waals surface area contributed by atoms with Gasteiger partial charge < -0.3 is 16.8 Å². The first-order valence-electron chi connectivity index (χ1n) is 8.41. The molecule has 26 heavy (non-hydrogen) atoms. The Morgan fingerprint density at radius 2 is 1.69 bits per heavy atom. The number of hydrogen-bond donors (Lipinski definition) is 3. The number of benzene rings is 3. The molecule has 0 saturated carbocycles. The first-order valence-corrected chi connectivity index (χ1v) is 9.23. The van der Waals surface area contributed by atoms with Crippen LogP contribution in [0.1, 0.15) is 11.1 Å². The van der Waals surface area contributed by atoms with Crippen LogP contribution in [0.3, 0.4) is 0 Å². The number of para-hydroxylation sites is 2. The first-order chi connectivity index (χ1) is 12.5. The predicted molar refractivity (Wildman–Crippen MR) is 113 cm³/mol. The number of fused-ring (bicyclic) bond motifs is 1. The van der Waals surface area contributed by atoms with Crippen molar-refractivity contribution < 1.29 is 0 Å². The third-order valence-electron chi connectivity index (χ3n) is 4.50. The monoisotopic (exact) mass is 360 g/mol. The van der Waals surface area contributed by atoms with E-state index < -0.39 is 0 Å². The summed E-state index contributed by atoms with van der Waals surface area (Å²) in [7, 11) is 0. The molecule has 0 bridgehead atoms. The normalized spacial score (nSPS) is 11.0. The summed E-state index contributed by atoms with van der Waals surface area (Å²) in [6.07, 6.45) is 0. The van der Waals surface area contributed by atoms with Crippen molar-refractivity contribution >= 4 is 43.7 Å². The largest absolute Gasteiger partial charge is 0.399 e. The van der Waals surface area contributed by atoms with Gasteiger partial charge in [0.1, 0.15) is 0 Å². The third kappa shape index (κ3) is 2.86. The van der Waals surface area contributed by atoms with Crippen LogP contribution >= 0.6 is 11.3 Å². The van der Waals surface area contributed by atoms with Crippen LogP contribution in [0, 0.1) is 13.8 Å². The molecule has 0 radical (unpaired) electrons. The maximum atomic E-state index is 6.12. The minimum absolute atomic E-state index is 0.721.